The summed E-state index contributed by atoms with van der Waals surface area (Å²) >= 11 is 0. The number of amides is 2. The molecule has 0 atom stereocenters. The van der Waals surface area contributed by atoms with Gasteiger partial charge in [0.2, 0.25) is 11.8 Å². The van der Waals surface area contributed by atoms with Gasteiger partial charge in [-0.05, 0) is 6.42 Å². The van der Waals surface area contributed by atoms with E-state index in [1.165, 1.54) is 0 Å². The molecule has 0 aliphatic carbocycles. The van der Waals surface area contributed by atoms with Crippen LogP contribution in [0.5, 0.6) is 0 Å². The standard InChI is InChI=1S/C10H19N3O2.ClH/c1-13(2)9(14)4-3-5-12-10(15)8-6-11-7-8;/h8,11H,3-7H2,1-2H3,(H,12,15);1H. The zero-order valence-corrected chi connectivity index (χ0v) is 10.6. The second-order valence-electron chi connectivity index (χ2n) is 4.04. The van der Waals surface area contributed by atoms with E-state index in [0.29, 0.717) is 19.4 Å². The summed E-state index contributed by atoms with van der Waals surface area (Å²) in [5.41, 5.74) is 0. The summed E-state index contributed by atoms with van der Waals surface area (Å²) in [6, 6.07) is 0. The maximum Gasteiger partial charge on any atom is 0.225 e. The van der Waals surface area contributed by atoms with Crippen LogP contribution in [0.2, 0.25) is 0 Å². The Morgan fingerprint density at radius 2 is 2.00 bits per heavy atom. The Kier molecular flexibility index (Phi) is 7.08. The lowest BCUT2D eigenvalue weighted by molar-refractivity contribution is -0.129. The molecule has 1 aliphatic heterocycles. The van der Waals surface area contributed by atoms with Crippen LogP contribution in [0.3, 0.4) is 0 Å². The highest BCUT2D eigenvalue weighted by molar-refractivity contribution is 5.85. The Labute approximate surface area is 102 Å². The largest absolute Gasteiger partial charge is 0.356 e. The molecule has 1 rings (SSSR count). The summed E-state index contributed by atoms with van der Waals surface area (Å²) < 4.78 is 0. The fraction of sp³-hybridized carbons (Fsp3) is 0.800. The molecule has 0 aromatic heterocycles. The van der Waals surface area contributed by atoms with Crippen molar-refractivity contribution in [2.24, 2.45) is 5.92 Å². The lowest BCUT2D eigenvalue weighted by atomic mass is 10.0. The molecular formula is C10H20ClN3O2. The number of carbonyl (C=O) groups is 2. The van der Waals surface area contributed by atoms with Gasteiger partial charge in [0, 0.05) is 40.2 Å². The molecule has 0 radical (unpaired) electrons. The van der Waals surface area contributed by atoms with Crippen molar-refractivity contribution >= 4 is 24.2 Å². The number of hydrogen-bond acceptors (Lipinski definition) is 3. The van der Waals surface area contributed by atoms with Crippen molar-refractivity contribution < 1.29 is 9.59 Å². The maximum absolute atomic E-state index is 11.4. The van der Waals surface area contributed by atoms with Gasteiger partial charge in [0.15, 0.2) is 0 Å². The molecule has 1 aliphatic rings. The molecule has 1 fully saturated rings. The third kappa shape index (κ3) is 4.81. The first-order valence-corrected chi connectivity index (χ1v) is 5.30. The van der Waals surface area contributed by atoms with Crippen LogP contribution in [0.15, 0.2) is 0 Å². The summed E-state index contributed by atoms with van der Waals surface area (Å²) in [5, 5.41) is 5.87. The Bertz CT molecular complexity index is 242. The topological polar surface area (TPSA) is 61.4 Å². The molecule has 1 heterocycles. The van der Waals surface area contributed by atoms with Crippen LogP contribution in [0.25, 0.3) is 0 Å². The van der Waals surface area contributed by atoms with Crippen molar-refractivity contribution in [3.8, 4) is 0 Å². The van der Waals surface area contributed by atoms with Crippen molar-refractivity contribution in [2.75, 3.05) is 33.7 Å². The molecule has 0 unspecified atom stereocenters. The average molecular weight is 250 g/mol. The van der Waals surface area contributed by atoms with Crippen molar-refractivity contribution in [2.45, 2.75) is 12.8 Å². The lowest BCUT2D eigenvalue weighted by Gasteiger charge is -2.25. The van der Waals surface area contributed by atoms with E-state index in [1.807, 2.05) is 0 Å². The molecule has 2 N–H and O–H groups in total. The predicted octanol–water partition coefficient (Wildman–Crippen LogP) is -0.388. The molecule has 0 aromatic rings. The molecule has 5 nitrogen and oxygen atoms in total. The number of rotatable bonds is 5. The van der Waals surface area contributed by atoms with Crippen molar-refractivity contribution in [3.05, 3.63) is 0 Å². The van der Waals surface area contributed by atoms with E-state index in [4.69, 9.17) is 0 Å². The van der Waals surface area contributed by atoms with Gasteiger partial charge >= 0.3 is 0 Å². The number of nitrogens with one attached hydrogen (secondary N) is 2. The summed E-state index contributed by atoms with van der Waals surface area (Å²) in [4.78, 5) is 24.1. The van der Waals surface area contributed by atoms with Crippen LogP contribution in [0, 0.1) is 5.92 Å². The third-order valence-electron chi connectivity index (χ3n) is 2.52. The van der Waals surface area contributed by atoms with E-state index in [2.05, 4.69) is 10.6 Å². The first-order chi connectivity index (χ1) is 7.11. The smallest absolute Gasteiger partial charge is 0.225 e. The molecule has 16 heavy (non-hydrogen) atoms. The van der Waals surface area contributed by atoms with Crippen LogP contribution in [0.1, 0.15) is 12.8 Å². The van der Waals surface area contributed by atoms with Gasteiger partial charge in [0.25, 0.3) is 0 Å². The number of nitrogens with zero attached hydrogens (tertiary/aromatic N) is 1. The highest BCUT2D eigenvalue weighted by Gasteiger charge is 2.24. The lowest BCUT2D eigenvalue weighted by Crippen LogP contribution is -2.50. The fourth-order valence-corrected chi connectivity index (χ4v) is 1.29. The van der Waals surface area contributed by atoms with E-state index >= 15 is 0 Å². The number of hydrogen-bond donors (Lipinski definition) is 2. The number of carbonyl (C=O) groups excluding carboxylic acids is 2. The van der Waals surface area contributed by atoms with Gasteiger partial charge in [-0.3, -0.25) is 9.59 Å². The molecular weight excluding hydrogens is 230 g/mol. The highest BCUT2D eigenvalue weighted by Crippen LogP contribution is 2.02. The Hall–Kier alpha value is -0.810. The monoisotopic (exact) mass is 249 g/mol. The molecule has 94 valence electrons. The number of halogens is 1. The minimum absolute atomic E-state index is 0. The van der Waals surface area contributed by atoms with Crippen LogP contribution < -0.4 is 10.6 Å². The van der Waals surface area contributed by atoms with Gasteiger partial charge in [-0.15, -0.1) is 12.4 Å². The van der Waals surface area contributed by atoms with E-state index in [-0.39, 0.29) is 30.1 Å². The minimum atomic E-state index is 0. The summed E-state index contributed by atoms with van der Waals surface area (Å²) in [6.45, 7) is 2.15. The van der Waals surface area contributed by atoms with Gasteiger partial charge in [0.1, 0.15) is 0 Å². The molecule has 0 bridgehead atoms. The zero-order chi connectivity index (χ0) is 11.3. The second-order valence-corrected chi connectivity index (χ2v) is 4.04. The van der Waals surface area contributed by atoms with Gasteiger partial charge in [-0.25, -0.2) is 0 Å². The summed E-state index contributed by atoms with van der Waals surface area (Å²) in [6.07, 6.45) is 1.21. The van der Waals surface area contributed by atoms with Crippen LogP contribution in [0.4, 0.5) is 0 Å². The van der Waals surface area contributed by atoms with E-state index < -0.39 is 0 Å². The zero-order valence-electron chi connectivity index (χ0n) is 9.78. The Balaban J connectivity index is 0.00000225. The second kappa shape index (κ2) is 7.46. The van der Waals surface area contributed by atoms with Crippen molar-refractivity contribution in [1.82, 2.24) is 15.5 Å². The fourth-order valence-electron chi connectivity index (χ4n) is 1.29. The maximum atomic E-state index is 11.4. The van der Waals surface area contributed by atoms with Crippen LogP contribution >= 0.6 is 12.4 Å². The first kappa shape index (κ1) is 15.2. The molecule has 6 heteroatoms. The van der Waals surface area contributed by atoms with Crippen LogP contribution in [-0.2, 0) is 9.59 Å². The first-order valence-electron chi connectivity index (χ1n) is 5.30. The van der Waals surface area contributed by atoms with Gasteiger partial charge in [-0.2, -0.15) is 0 Å². The summed E-state index contributed by atoms with van der Waals surface area (Å²) in [5.74, 6) is 0.343. The van der Waals surface area contributed by atoms with Crippen molar-refractivity contribution in [1.29, 1.82) is 0 Å². The SMILES string of the molecule is CN(C)C(=O)CCCNC(=O)C1CNC1.Cl. The highest BCUT2D eigenvalue weighted by atomic mass is 35.5. The molecule has 2 amide bonds. The molecule has 0 saturated carbocycles. The summed E-state index contributed by atoms with van der Waals surface area (Å²) in [7, 11) is 3.47. The third-order valence-corrected chi connectivity index (χ3v) is 2.52. The Morgan fingerprint density at radius 3 is 2.44 bits per heavy atom. The molecule has 0 aromatic carbocycles. The Morgan fingerprint density at radius 1 is 1.38 bits per heavy atom. The van der Waals surface area contributed by atoms with E-state index in [1.54, 1.807) is 19.0 Å². The molecule has 1 saturated heterocycles. The molecule has 0 spiro atoms. The normalized spacial score (nSPS) is 14.6. The van der Waals surface area contributed by atoms with Crippen LogP contribution in [-0.4, -0.2) is 50.4 Å². The minimum Gasteiger partial charge on any atom is -0.356 e. The van der Waals surface area contributed by atoms with Gasteiger partial charge < -0.3 is 15.5 Å². The van der Waals surface area contributed by atoms with Gasteiger partial charge in [0.05, 0.1) is 5.92 Å². The predicted molar refractivity (Wildman–Crippen MR) is 64.5 cm³/mol. The van der Waals surface area contributed by atoms with E-state index in [0.717, 1.165) is 13.1 Å². The quantitative estimate of drug-likeness (QED) is 0.653. The van der Waals surface area contributed by atoms with Crippen molar-refractivity contribution in [3.63, 3.8) is 0 Å². The van der Waals surface area contributed by atoms with Gasteiger partial charge in [-0.1, -0.05) is 0 Å². The average Bonchev–Trinajstić information content (AvgIpc) is 2.08. The van der Waals surface area contributed by atoms with E-state index in [9.17, 15) is 9.59 Å².